The summed E-state index contributed by atoms with van der Waals surface area (Å²) >= 11 is 8.58. The fourth-order valence-electron chi connectivity index (χ4n) is 3.80. The van der Waals surface area contributed by atoms with Gasteiger partial charge in [0.15, 0.2) is 4.34 Å². The van der Waals surface area contributed by atoms with Gasteiger partial charge in [-0.2, -0.15) is 0 Å². The number of hydrogen-bond acceptors (Lipinski definition) is 8. The second-order valence-electron chi connectivity index (χ2n) is 7.69. The summed E-state index contributed by atoms with van der Waals surface area (Å²) in [6.45, 7) is 0. The highest BCUT2D eigenvalue weighted by Crippen LogP contribution is 2.44. The standard InChI is InChI=1S/C25H16ClFN4O3S2/c26-17-6-3-5-15(12-17)20-19(21(32)14-8-10-28-11-9-14)22(33)23(34)31(20)24-29-30-25(36-24)35-13-16-4-1-2-7-18(16)27/h1-12,20,32H,13H2/b21-19+. The van der Waals surface area contributed by atoms with E-state index in [4.69, 9.17) is 11.6 Å². The number of thioether (sulfide) groups is 1. The lowest BCUT2D eigenvalue weighted by molar-refractivity contribution is -0.132. The zero-order chi connectivity index (χ0) is 25.2. The Morgan fingerprint density at radius 1 is 1.08 bits per heavy atom. The number of aliphatic hydroxyl groups is 1. The van der Waals surface area contributed by atoms with Gasteiger partial charge in [0.05, 0.1) is 11.6 Å². The van der Waals surface area contributed by atoms with Gasteiger partial charge in [0, 0.05) is 28.7 Å². The lowest BCUT2D eigenvalue weighted by atomic mass is 9.96. The second kappa shape index (κ2) is 10.2. The van der Waals surface area contributed by atoms with Crippen molar-refractivity contribution in [2.75, 3.05) is 4.90 Å². The number of amides is 1. The topological polar surface area (TPSA) is 96.3 Å². The van der Waals surface area contributed by atoms with Gasteiger partial charge in [0.2, 0.25) is 5.13 Å². The molecule has 0 saturated carbocycles. The van der Waals surface area contributed by atoms with Crippen molar-refractivity contribution in [3.05, 3.63) is 106 Å². The average Bonchev–Trinajstić information content (AvgIpc) is 3.46. The van der Waals surface area contributed by atoms with Crippen molar-refractivity contribution >= 4 is 57.3 Å². The van der Waals surface area contributed by atoms with Gasteiger partial charge >= 0.3 is 5.91 Å². The minimum Gasteiger partial charge on any atom is -0.507 e. The number of halogens is 2. The van der Waals surface area contributed by atoms with Crippen molar-refractivity contribution in [3.8, 4) is 0 Å². The summed E-state index contributed by atoms with van der Waals surface area (Å²) < 4.78 is 14.5. The number of carbonyl (C=O) groups excluding carboxylic acids is 2. The van der Waals surface area contributed by atoms with Crippen LogP contribution < -0.4 is 4.90 Å². The lowest BCUT2D eigenvalue weighted by Crippen LogP contribution is -2.29. The molecule has 2 aromatic heterocycles. The van der Waals surface area contributed by atoms with Crippen LogP contribution in [0.5, 0.6) is 0 Å². The van der Waals surface area contributed by atoms with Crippen LogP contribution in [-0.2, 0) is 15.3 Å². The van der Waals surface area contributed by atoms with Gasteiger partial charge in [-0.3, -0.25) is 19.5 Å². The molecule has 0 radical (unpaired) electrons. The summed E-state index contributed by atoms with van der Waals surface area (Å²) in [5.74, 6) is -2.04. The number of hydrogen-bond donors (Lipinski definition) is 1. The zero-order valence-electron chi connectivity index (χ0n) is 18.3. The molecule has 1 amide bonds. The molecule has 36 heavy (non-hydrogen) atoms. The normalized spacial score (nSPS) is 17.1. The molecule has 5 rings (SSSR count). The van der Waals surface area contributed by atoms with Crippen LogP contribution in [0.25, 0.3) is 5.76 Å². The van der Waals surface area contributed by atoms with Gasteiger partial charge in [-0.05, 0) is 41.5 Å². The summed E-state index contributed by atoms with van der Waals surface area (Å²) in [4.78, 5) is 31.5. The van der Waals surface area contributed by atoms with E-state index in [1.807, 2.05) is 0 Å². The van der Waals surface area contributed by atoms with E-state index in [1.165, 1.54) is 35.1 Å². The van der Waals surface area contributed by atoms with Crippen molar-refractivity contribution in [2.45, 2.75) is 16.1 Å². The van der Waals surface area contributed by atoms with E-state index in [2.05, 4.69) is 15.2 Å². The Labute approximate surface area is 218 Å². The number of pyridine rings is 1. The fraction of sp³-hybridized carbons (Fsp3) is 0.0800. The number of ketones is 1. The molecule has 180 valence electrons. The highest BCUT2D eigenvalue weighted by molar-refractivity contribution is 8.00. The minimum absolute atomic E-state index is 0.0933. The molecular formula is C25H16ClFN4O3S2. The van der Waals surface area contributed by atoms with E-state index in [0.29, 0.717) is 31.8 Å². The molecule has 0 bridgehead atoms. The number of aliphatic hydroxyl groups excluding tert-OH is 1. The molecule has 7 nitrogen and oxygen atoms in total. The zero-order valence-corrected chi connectivity index (χ0v) is 20.7. The average molecular weight is 539 g/mol. The predicted octanol–water partition coefficient (Wildman–Crippen LogP) is 5.64. The molecule has 1 aliphatic rings. The molecule has 1 unspecified atom stereocenters. The van der Waals surface area contributed by atoms with E-state index in [9.17, 15) is 19.1 Å². The van der Waals surface area contributed by atoms with E-state index in [-0.39, 0.29) is 22.3 Å². The Morgan fingerprint density at radius 3 is 2.61 bits per heavy atom. The van der Waals surface area contributed by atoms with Crippen molar-refractivity contribution in [3.63, 3.8) is 0 Å². The number of benzene rings is 2. The van der Waals surface area contributed by atoms with Crippen LogP contribution in [0, 0.1) is 5.82 Å². The first kappa shape index (κ1) is 24.1. The summed E-state index contributed by atoms with van der Waals surface area (Å²) in [5.41, 5.74) is 1.28. The predicted molar refractivity (Wildman–Crippen MR) is 136 cm³/mol. The highest BCUT2D eigenvalue weighted by atomic mass is 35.5. The monoisotopic (exact) mass is 538 g/mol. The number of Topliss-reactive ketones (excluding diaryl/α,β-unsaturated/α-hetero) is 1. The lowest BCUT2D eigenvalue weighted by Gasteiger charge is -2.22. The molecule has 4 aromatic rings. The van der Waals surface area contributed by atoms with Crippen LogP contribution >= 0.6 is 34.7 Å². The van der Waals surface area contributed by atoms with E-state index < -0.39 is 17.7 Å². The van der Waals surface area contributed by atoms with Gasteiger partial charge < -0.3 is 5.11 Å². The van der Waals surface area contributed by atoms with E-state index >= 15 is 0 Å². The Hall–Kier alpha value is -3.60. The van der Waals surface area contributed by atoms with Crippen LogP contribution in [-0.4, -0.2) is 32.0 Å². The summed E-state index contributed by atoms with van der Waals surface area (Å²) in [6.07, 6.45) is 2.95. The van der Waals surface area contributed by atoms with Gasteiger partial charge in [-0.25, -0.2) is 4.39 Å². The van der Waals surface area contributed by atoms with Crippen molar-refractivity contribution < 1.29 is 19.1 Å². The Balaban J connectivity index is 1.54. The Bertz CT molecular complexity index is 1500. The largest absolute Gasteiger partial charge is 0.507 e. The van der Waals surface area contributed by atoms with Crippen molar-refractivity contribution in [2.24, 2.45) is 0 Å². The third-order valence-corrected chi connectivity index (χ3v) is 7.81. The maximum absolute atomic E-state index is 14.0. The first-order valence-electron chi connectivity index (χ1n) is 10.6. The fourth-order valence-corrected chi connectivity index (χ4v) is 5.85. The van der Waals surface area contributed by atoms with E-state index in [1.54, 1.807) is 54.6 Å². The highest BCUT2D eigenvalue weighted by Gasteiger charge is 2.48. The van der Waals surface area contributed by atoms with Crippen molar-refractivity contribution in [1.29, 1.82) is 0 Å². The number of nitrogens with zero attached hydrogens (tertiary/aromatic N) is 4. The maximum atomic E-state index is 14.0. The summed E-state index contributed by atoms with van der Waals surface area (Å²) in [7, 11) is 0. The molecule has 1 saturated heterocycles. The van der Waals surface area contributed by atoms with Crippen LogP contribution in [0.3, 0.4) is 0 Å². The Morgan fingerprint density at radius 2 is 1.86 bits per heavy atom. The van der Waals surface area contributed by atoms with Gasteiger partial charge in [0.25, 0.3) is 5.78 Å². The summed E-state index contributed by atoms with van der Waals surface area (Å²) in [5, 5.41) is 19.9. The van der Waals surface area contributed by atoms with E-state index in [0.717, 1.165) is 11.3 Å². The SMILES string of the molecule is O=C1C(=O)N(c2nnc(SCc3ccccc3F)s2)C(c2cccc(Cl)c2)/C1=C(\O)c1ccncc1. The first-order chi connectivity index (χ1) is 17.4. The third-order valence-electron chi connectivity index (χ3n) is 5.47. The molecule has 1 aliphatic heterocycles. The molecule has 3 heterocycles. The molecule has 1 N–H and O–H groups in total. The van der Waals surface area contributed by atoms with Gasteiger partial charge in [-0.15, -0.1) is 10.2 Å². The summed E-state index contributed by atoms with van der Waals surface area (Å²) in [6, 6.07) is 15.2. The Kier molecular flexibility index (Phi) is 6.82. The van der Waals surface area contributed by atoms with Crippen LogP contribution in [0.4, 0.5) is 9.52 Å². The third kappa shape index (κ3) is 4.62. The van der Waals surface area contributed by atoms with Crippen LogP contribution in [0.15, 0.2) is 83.0 Å². The van der Waals surface area contributed by atoms with Gasteiger partial charge in [-0.1, -0.05) is 65.0 Å². The van der Waals surface area contributed by atoms with Crippen LogP contribution in [0.2, 0.25) is 5.02 Å². The minimum atomic E-state index is -0.978. The maximum Gasteiger partial charge on any atom is 0.301 e. The molecule has 1 atom stereocenters. The molecule has 1 fully saturated rings. The van der Waals surface area contributed by atoms with Crippen LogP contribution in [0.1, 0.15) is 22.7 Å². The molecule has 11 heteroatoms. The molecule has 2 aromatic carbocycles. The second-order valence-corrected chi connectivity index (χ2v) is 10.3. The quantitative estimate of drug-likeness (QED) is 0.111. The molecular weight excluding hydrogens is 523 g/mol. The first-order valence-corrected chi connectivity index (χ1v) is 12.8. The van der Waals surface area contributed by atoms with Gasteiger partial charge in [0.1, 0.15) is 11.6 Å². The number of aromatic nitrogens is 3. The smallest absolute Gasteiger partial charge is 0.301 e. The van der Waals surface area contributed by atoms with Crippen molar-refractivity contribution in [1.82, 2.24) is 15.2 Å². The number of rotatable bonds is 6. The molecule has 0 aliphatic carbocycles. The molecule has 0 spiro atoms. The number of anilines is 1. The number of carbonyl (C=O) groups is 2.